The van der Waals surface area contributed by atoms with Crippen molar-refractivity contribution in [2.75, 3.05) is 0 Å². The molecule has 0 saturated heterocycles. The Bertz CT molecular complexity index is 659. The normalized spacial score (nSPS) is 11.9. The number of nitrogens with one attached hydrogen (secondary N) is 2. The molecule has 0 aliphatic rings. The number of aromatic nitrogens is 2. The van der Waals surface area contributed by atoms with Gasteiger partial charge < -0.3 is 15.4 Å². The average molecular weight is 328 g/mol. The predicted molar refractivity (Wildman–Crippen MR) is 77.6 cm³/mol. The van der Waals surface area contributed by atoms with E-state index >= 15 is 0 Å². The number of rotatable bonds is 5. The molecule has 110 valence electrons. The highest BCUT2D eigenvalue weighted by Crippen LogP contribution is 2.21. The number of halogens is 2. The van der Waals surface area contributed by atoms with Gasteiger partial charge in [-0.2, -0.15) is 0 Å². The molecule has 0 aliphatic heterocycles. The lowest BCUT2D eigenvalue weighted by atomic mass is 10.1. The molecule has 8 heteroatoms. The number of carbonyl (C=O) groups excluding carboxylic acids is 1. The van der Waals surface area contributed by atoms with Crippen molar-refractivity contribution >= 4 is 35.1 Å². The van der Waals surface area contributed by atoms with Crippen molar-refractivity contribution < 1.29 is 14.7 Å². The first-order valence-electron chi connectivity index (χ1n) is 5.93. The molecule has 0 radical (unpaired) electrons. The van der Waals surface area contributed by atoms with Crippen LogP contribution in [-0.4, -0.2) is 33.0 Å². The summed E-state index contributed by atoms with van der Waals surface area (Å²) in [4.78, 5) is 29.9. The van der Waals surface area contributed by atoms with Crippen LogP contribution in [0.5, 0.6) is 0 Å². The van der Waals surface area contributed by atoms with Crippen molar-refractivity contribution in [1.29, 1.82) is 0 Å². The van der Waals surface area contributed by atoms with Gasteiger partial charge in [0.2, 0.25) is 0 Å². The number of aliphatic carboxylic acids is 1. The van der Waals surface area contributed by atoms with E-state index in [2.05, 4.69) is 15.3 Å². The zero-order valence-electron chi connectivity index (χ0n) is 10.6. The fraction of sp³-hybridized carbons (Fsp3) is 0.154. The Morgan fingerprint density at radius 2 is 2.14 bits per heavy atom. The summed E-state index contributed by atoms with van der Waals surface area (Å²) in [5.74, 6) is -1.73. The zero-order chi connectivity index (χ0) is 15.4. The van der Waals surface area contributed by atoms with Crippen LogP contribution in [0.4, 0.5) is 0 Å². The highest BCUT2D eigenvalue weighted by molar-refractivity contribution is 6.36. The number of carbonyl (C=O) groups is 2. The van der Waals surface area contributed by atoms with E-state index in [4.69, 9.17) is 23.2 Å². The number of imidazole rings is 1. The first kappa shape index (κ1) is 15.3. The molecule has 0 bridgehead atoms. The van der Waals surface area contributed by atoms with Crippen LogP contribution in [0.25, 0.3) is 0 Å². The molecular formula is C13H11Cl2N3O3. The van der Waals surface area contributed by atoms with Crippen LogP contribution in [-0.2, 0) is 11.2 Å². The molecule has 0 spiro atoms. The summed E-state index contributed by atoms with van der Waals surface area (Å²) in [5.41, 5.74) is 0.766. The Morgan fingerprint density at radius 1 is 1.38 bits per heavy atom. The summed E-state index contributed by atoms with van der Waals surface area (Å²) < 4.78 is 0. The summed E-state index contributed by atoms with van der Waals surface area (Å²) in [6.45, 7) is 0. The van der Waals surface area contributed by atoms with Crippen molar-refractivity contribution in [3.63, 3.8) is 0 Å². The molecule has 0 aliphatic carbocycles. The molecule has 1 aromatic carbocycles. The number of hydrogen-bond acceptors (Lipinski definition) is 3. The van der Waals surface area contributed by atoms with Crippen LogP contribution in [0.15, 0.2) is 30.7 Å². The molecule has 21 heavy (non-hydrogen) atoms. The van der Waals surface area contributed by atoms with Gasteiger partial charge in [-0.05, 0) is 18.2 Å². The van der Waals surface area contributed by atoms with Gasteiger partial charge in [-0.25, -0.2) is 9.78 Å². The zero-order valence-corrected chi connectivity index (χ0v) is 12.1. The largest absolute Gasteiger partial charge is 0.480 e. The SMILES string of the molecule is O=C(N[C@H](Cc1cnc[nH]1)C(=O)O)c1ccc(Cl)cc1Cl. The molecule has 1 heterocycles. The van der Waals surface area contributed by atoms with Crippen LogP contribution in [0, 0.1) is 0 Å². The third-order valence-corrected chi connectivity index (χ3v) is 3.31. The second-order valence-electron chi connectivity index (χ2n) is 4.27. The second kappa shape index (κ2) is 6.60. The first-order chi connectivity index (χ1) is 9.97. The van der Waals surface area contributed by atoms with Gasteiger partial charge in [-0.1, -0.05) is 23.2 Å². The number of amides is 1. The van der Waals surface area contributed by atoms with E-state index in [9.17, 15) is 14.7 Å². The maximum Gasteiger partial charge on any atom is 0.326 e. The smallest absolute Gasteiger partial charge is 0.326 e. The summed E-state index contributed by atoms with van der Waals surface area (Å²) in [5, 5.41) is 12.1. The van der Waals surface area contributed by atoms with Gasteiger partial charge in [0.15, 0.2) is 0 Å². The van der Waals surface area contributed by atoms with Crippen molar-refractivity contribution in [1.82, 2.24) is 15.3 Å². The quantitative estimate of drug-likeness (QED) is 0.784. The van der Waals surface area contributed by atoms with E-state index in [-0.39, 0.29) is 17.0 Å². The number of carboxylic acids is 1. The van der Waals surface area contributed by atoms with Gasteiger partial charge in [0.1, 0.15) is 6.04 Å². The van der Waals surface area contributed by atoms with Crippen LogP contribution in [0.3, 0.4) is 0 Å². The Balaban J connectivity index is 2.12. The Labute approximate surface area is 130 Å². The minimum Gasteiger partial charge on any atom is -0.480 e. The van der Waals surface area contributed by atoms with Crippen molar-refractivity contribution in [3.05, 3.63) is 52.0 Å². The lowest BCUT2D eigenvalue weighted by Gasteiger charge is -2.14. The van der Waals surface area contributed by atoms with Crippen LogP contribution >= 0.6 is 23.2 Å². The molecule has 1 aromatic heterocycles. The maximum atomic E-state index is 12.1. The third kappa shape index (κ3) is 3.96. The minimum absolute atomic E-state index is 0.0896. The lowest BCUT2D eigenvalue weighted by molar-refractivity contribution is -0.139. The fourth-order valence-corrected chi connectivity index (χ4v) is 2.22. The third-order valence-electron chi connectivity index (χ3n) is 2.76. The second-order valence-corrected chi connectivity index (χ2v) is 5.11. The lowest BCUT2D eigenvalue weighted by Crippen LogP contribution is -2.42. The van der Waals surface area contributed by atoms with Gasteiger partial charge in [0, 0.05) is 23.3 Å². The molecule has 0 fully saturated rings. The minimum atomic E-state index is -1.15. The topological polar surface area (TPSA) is 95.1 Å². The van der Waals surface area contributed by atoms with E-state index in [1.165, 1.54) is 30.7 Å². The highest BCUT2D eigenvalue weighted by Gasteiger charge is 2.22. The van der Waals surface area contributed by atoms with Gasteiger partial charge in [0.05, 0.1) is 16.9 Å². The Kier molecular flexibility index (Phi) is 4.82. The molecule has 0 unspecified atom stereocenters. The van der Waals surface area contributed by atoms with Crippen molar-refractivity contribution in [2.45, 2.75) is 12.5 Å². The van der Waals surface area contributed by atoms with E-state index in [0.29, 0.717) is 10.7 Å². The highest BCUT2D eigenvalue weighted by atomic mass is 35.5. The fourth-order valence-electron chi connectivity index (χ4n) is 1.73. The van der Waals surface area contributed by atoms with Gasteiger partial charge in [-0.3, -0.25) is 4.79 Å². The summed E-state index contributed by atoms with van der Waals surface area (Å²) in [6, 6.07) is 3.27. The summed E-state index contributed by atoms with van der Waals surface area (Å²) >= 11 is 11.7. The Morgan fingerprint density at radius 3 is 2.71 bits per heavy atom. The first-order valence-corrected chi connectivity index (χ1v) is 6.69. The molecule has 3 N–H and O–H groups in total. The van der Waals surface area contributed by atoms with Crippen LogP contribution in [0.1, 0.15) is 16.1 Å². The molecule has 2 rings (SSSR count). The number of aromatic amines is 1. The van der Waals surface area contributed by atoms with Gasteiger partial charge in [0.25, 0.3) is 5.91 Å². The molecular weight excluding hydrogens is 317 g/mol. The van der Waals surface area contributed by atoms with E-state index in [0.717, 1.165) is 0 Å². The average Bonchev–Trinajstić information content (AvgIpc) is 2.90. The predicted octanol–water partition coefficient (Wildman–Crippen LogP) is 2.14. The van der Waals surface area contributed by atoms with Crippen molar-refractivity contribution in [3.8, 4) is 0 Å². The van der Waals surface area contributed by atoms with Crippen LogP contribution < -0.4 is 5.32 Å². The van der Waals surface area contributed by atoms with E-state index in [1.54, 1.807) is 0 Å². The molecule has 1 atom stereocenters. The number of carboxylic acid groups (broad SMARTS) is 1. The number of H-pyrrole nitrogens is 1. The Hall–Kier alpha value is -2.05. The van der Waals surface area contributed by atoms with Crippen LogP contribution in [0.2, 0.25) is 10.0 Å². The number of nitrogens with zero attached hydrogens (tertiary/aromatic N) is 1. The number of benzene rings is 1. The monoisotopic (exact) mass is 327 g/mol. The maximum absolute atomic E-state index is 12.1. The molecule has 6 nitrogen and oxygen atoms in total. The standard InChI is InChI=1S/C13H11Cl2N3O3/c14-7-1-2-9(10(15)3-7)12(19)18-11(13(20)21)4-8-5-16-6-17-8/h1-3,5-6,11H,4H2,(H,16,17)(H,18,19)(H,20,21)/t11-/m1/s1. The summed E-state index contributed by atoms with van der Waals surface area (Å²) in [7, 11) is 0. The van der Waals surface area contributed by atoms with Crippen molar-refractivity contribution in [2.24, 2.45) is 0 Å². The molecule has 0 saturated carbocycles. The van der Waals surface area contributed by atoms with E-state index in [1.807, 2.05) is 0 Å². The van der Waals surface area contributed by atoms with Gasteiger partial charge in [-0.15, -0.1) is 0 Å². The molecule has 1 amide bonds. The van der Waals surface area contributed by atoms with E-state index < -0.39 is 17.9 Å². The molecule has 2 aromatic rings. The van der Waals surface area contributed by atoms with Gasteiger partial charge >= 0.3 is 5.97 Å². The summed E-state index contributed by atoms with van der Waals surface area (Å²) in [6.07, 6.45) is 3.02. The number of hydrogen-bond donors (Lipinski definition) is 3.